The maximum atomic E-state index is 5.94. The molecule has 0 aliphatic heterocycles. The normalized spacial score (nSPS) is 12.9. The number of benzene rings is 1. The SMILES string of the molecule is Cc1cc(CNC(C)CBr)ccc1Cl. The number of nitrogens with one attached hydrogen (secondary N) is 1. The lowest BCUT2D eigenvalue weighted by Crippen LogP contribution is -2.26. The molecule has 1 rings (SSSR count). The van der Waals surface area contributed by atoms with Crippen molar-refractivity contribution >= 4 is 27.5 Å². The van der Waals surface area contributed by atoms with Gasteiger partial charge in [0.05, 0.1) is 0 Å². The Morgan fingerprint density at radius 2 is 2.21 bits per heavy atom. The van der Waals surface area contributed by atoms with Crippen LogP contribution in [0.4, 0.5) is 0 Å². The number of halogens is 2. The van der Waals surface area contributed by atoms with Crippen LogP contribution in [0.1, 0.15) is 18.1 Å². The summed E-state index contributed by atoms with van der Waals surface area (Å²) in [5.41, 5.74) is 2.41. The van der Waals surface area contributed by atoms with Gasteiger partial charge in [-0.15, -0.1) is 0 Å². The second-order valence-corrected chi connectivity index (χ2v) is 4.57. The van der Waals surface area contributed by atoms with Gasteiger partial charge in [-0.3, -0.25) is 0 Å². The van der Waals surface area contributed by atoms with Gasteiger partial charge in [0.2, 0.25) is 0 Å². The topological polar surface area (TPSA) is 12.0 Å². The summed E-state index contributed by atoms with van der Waals surface area (Å²) in [4.78, 5) is 0. The van der Waals surface area contributed by atoms with Crippen LogP contribution in [-0.4, -0.2) is 11.4 Å². The fourth-order valence-electron chi connectivity index (χ4n) is 1.16. The highest BCUT2D eigenvalue weighted by molar-refractivity contribution is 9.09. The molecule has 3 heteroatoms. The van der Waals surface area contributed by atoms with E-state index in [9.17, 15) is 0 Å². The standard InChI is InChI=1S/C11H15BrClN/c1-8-5-10(3-4-11(8)13)7-14-9(2)6-12/h3-5,9,14H,6-7H2,1-2H3. The molecule has 0 spiro atoms. The summed E-state index contributed by atoms with van der Waals surface area (Å²) in [6, 6.07) is 6.62. The monoisotopic (exact) mass is 275 g/mol. The Hall–Kier alpha value is -0.0500. The first-order valence-corrected chi connectivity index (χ1v) is 6.18. The molecule has 78 valence electrons. The van der Waals surface area contributed by atoms with E-state index < -0.39 is 0 Å². The maximum Gasteiger partial charge on any atom is 0.0435 e. The third-order valence-corrected chi connectivity index (χ3v) is 3.50. The second-order valence-electron chi connectivity index (χ2n) is 3.52. The van der Waals surface area contributed by atoms with E-state index in [1.54, 1.807) is 0 Å². The van der Waals surface area contributed by atoms with Gasteiger partial charge in [-0.05, 0) is 31.0 Å². The molecule has 1 unspecified atom stereocenters. The number of alkyl halides is 1. The molecule has 0 saturated heterocycles. The quantitative estimate of drug-likeness (QED) is 0.830. The average Bonchev–Trinajstić information content (AvgIpc) is 2.19. The van der Waals surface area contributed by atoms with Crippen LogP contribution in [0.25, 0.3) is 0 Å². The van der Waals surface area contributed by atoms with Crippen molar-refractivity contribution in [2.75, 3.05) is 5.33 Å². The van der Waals surface area contributed by atoms with Gasteiger partial charge in [0.25, 0.3) is 0 Å². The first-order valence-electron chi connectivity index (χ1n) is 4.68. The summed E-state index contributed by atoms with van der Waals surface area (Å²) in [7, 11) is 0. The van der Waals surface area contributed by atoms with Gasteiger partial charge in [0.1, 0.15) is 0 Å². The lowest BCUT2D eigenvalue weighted by molar-refractivity contribution is 0.598. The molecule has 14 heavy (non-hydrogen) atoms. The van der Waals surface area contributed by atoms with E-state index in [1.165, 1.54) is 5.56 Å². The molecule has 0 aromatic heterocycles. The Labute approximate surface area is 99.0 Å². The molecule has 1 atom stereocenters. The van der Waals surface area contributed by atoms with Crippen molar-refractivity contribution in [2.24, 2.45) is 0 Å². The number of aryl methyl sites for hydroxylation is 1. The van der Waals surface area contributed by atoms with Crippen LogP contribution in [0.5, 0.6) is 0 Å². The Kier molecular flexibility index (Phi) is 4.93. The molecule has 1 aromatic carbocycles. The molecule has 0 amide bonds. The van der Waals surface area contributed by atoms with E-state index in [0.29, 0.717) is 6.04 Å². The predicted molar refractivity (Wildman–Crippen MR) is 66.3 cm³/mol. The first kappa shape index (κ1) is 12.0. The molecular weight excluding hydrogens is 261 g/mol. The Morgan fingerprint density at radius 3 is 2.79 bits per heavy atom. The summed E-state index contributed by atoms with van der Waals surface area (Å²) >= 11 is 9.37. The minimum Gasteiger partial charge on any atom is -0.309 e. The van der Waals surface area contributed by atoms with Crippen LogP contribution >= 0.6 is 27.5 Å². The van der Waals surface area contributed by atoms with Crippen molar-refractivity contribution in [1.82, 2.24) is 5.32 Å². The van der Waals surface area contributed by atoms with E-state index in [2.05, 4.69) is 40.3 Å². The predicted octanol–water partition coefficient (Wildman–Crippen LogP) is 3.52. The summed E-state index contributed by atoms with van der Waals surface area (Å²) in [6.07, 6.45) is 0. The summed E-state index contributed by atoms with van der Waals surface area (Å²) < 4.78 is 0. The van der Waals surface area contributed by atoms with Crippen molar-refractivity contribution in [3.63, 3.8) is 0 Å². The highest BCUT2D eigenvalue weighted by atomic mass is 79.9. The van der Waals surface area contributed by atoms with Crippen molar-refractivity contribution in [3.05, 3.63) is 34.3 Å². The van der Waals surface area contributed by atoms with Crippen molar-refractivity contribution in [2.45, 2.75) is 26.4 Å². The van der Waals surface area contributed by atoms with Gasteiger partial charge in [0.15, 0.2) is 0 Å². The van der Waals surface area contributed by atoms with Crippen LogP contribution in [0, 0.1) is 6.92 Å². The number of hydrogen-bond donors (Lipinski definition) is 1. The second kappa shape index (κ2) is 5.74. The molecule has 1 aromatic rings. The van der Waals surface area contributed by atoms with E-state index in [-0.39, 0.29) is 0 Å². The fraction of sp³-hybridized carbons (Fsp3) is 0.455. The van der Waals surface area contributed by atoms with Gasteiger partial charge < -0.3 is 5.32 Å². The van der Waals surface area contributed by atoms with Crippen LogP contribution in [-0.2, 0) is 6.54 Å². The molecule has 0 aliphatic rings. The number of rotatable bonds is 4. The third kappa shape index (κ3) is 3.60. The summed E-state index contributed by atoms with van der Waals surface area (Å²) in [5, 5.41) is 5.21. The van der Waals surface area contributed by atoms with Crippen LogP contribution < -0.4 is 5.32 Å². The van der Waals surface area contributed by atoms with Crippen LogP contribution in [0.15, 0.2) is 18.2 Å². The van der Waals surface area contributed by atoms with Crippen LogP contribution in [0.3, 0.4) is 0 Å². The van der Waals surface area contributed by atoms with E-state index in [0.717, 1.165) is 22.5 Å². The Bertz CT molecular complexity index is 301. The van der Waals surface area contributed by atoms with E-state index >= 15 is 0 Å². The lowest BCUT2D eigenvalue weighted by atomic mass is 10.1. The number of hydrogen-bond acceptors (Lipinski definition) is 1. The minimum atomic E-state index is 0.492. The maximum absolute atomic E-state index is 5.94. The molecule has 0 saturated carbocycles. The highest BCUT2D eigenvalue weighted by Crippen LogP contribution is 2.16. The molecular formula is C11H15BrClN. The van der Waals surface area contributed by atoms with Gasteiger partial charge in [-0.2, -0.15) is 0 Å². The molecule has 1 N–H and O–H groups in total. The molecule has 0 bridgehead atoms. The average molecular weight is 277 g/mol. The minimum absolute atomic E-state index is 0.492. The molecule has 0 aliphatic carbocycles. The van der Waals surface area contributed by atoms with Gasteiger partial charge in [0, 0.05) is 22.9 Å². The molecule has 0 fully saturated rings. The first-order chi connectivity index (χ1) is 6.63. The van der Waals surface area contributed by atoms with Crippen molar-refractivity contribution < 1.29 is 0 Å². The third-order valence-electron chi connectivity index (χ3n) is 2.11. The van der Waals surface area contributed by atoms with Gasteiger partial charge >= 0.3 is 0 Å². The molecule has 0 heterocycles. The van der Waals surface area contributed by atoms with E-state index in [1.807, 2.05) is 13.0 Å². The summed E-state index contributed by atoms with van der Waals surface area (Å²) in [5.74, 6) is 0. The Morgan fingerprint density at radius 1 is 1.50 bits per heavy atom. The van der Waals surface area contributed by atoms with Crippen molar-refractivity contribution in [1.29, 1.82) is 0 Å². The zero-order valence-corrected chi connectivity index (χ0v) is 10.8. The van der Waals surface area contributed by atoms with Crippen LogP contribution in [0.2, 0.25) is 5.02 Å². The van der Waals surface area contributed by atoms with E-state index in [4.69, 9.17) is 11.6 Å². The fourth-order valence-corrected chi connectivity index (χ4v) is 1.51. The lowest BCUT2D eigenvalue weighted by Gasteiger charge is -2.11. The van der Waals surface area contributed by atoms with Gasteiger partial charge in [-0.1, -0.05) is 39.7 Å². The zero-order valence-electron chi connectivity index (χ0n) is 8.48. The van der Waals surface area contributed by atoms with Gasteiger partial charge in [-0.25, -0.2) is 0 Å². The molecule has 1 nitrogen and oxygen atoms in total. The molecule has 0 radical (unpaired) electrons. The Balaban J connectivity index is 2.55. The summed E-state index contributed by atoms with van der Waals surface area (Å²) in [6.45, 7) is 5.07. The highest BCUT2D eigenvalue weighted by Gasteiger charge is 2.00. The smallest absolute Gasteiger partial charge is 0.0435 e. The largest absolute Gasteiger partial charge is 0.309 e. The zero-order chi connectivity index (χ0) is 10.6. The van der Waals surface area contributed by atoms with Crippen molar-refractivity contribution in [3.8, 4) is 0 Å².